The summed E-state index contributed by atoms with van der Waals surface area (Å²) in [6.45, 7) is 0. The second kappa shape index (κ2) is 7.50. The Balaban J connectivity index is 1.54. The number of anilines is 1. The highest BCUT2D eigenvalue weighted by Gasteiger charge is 2.18. The Labute approximate surface area is 190 Å². The molecule has 0 atom stereocenters. The summed E-state index contributed by atoms with van der Waals surface area (Å²) >= 11 is 8.31. The number of benzene rings is 2. The van der Waals surface area contributed by atoms with Gasteiger partial charge in [0, 0.05) is 33.2 Å². The van der Waals surface area contributed by atoms with Gasteiger partial charge in [0.2, 0.25) is 0 Å². The van der Waals surface area contributed by atoms with E-state index in [2.05, 4.69) is 42.2 Å². The van der Waals surface area contributed by atoms with Crippen LogP contribution in [0.15, 0.2) is 78.4 Å². The summed E-state index contributed by atoms with van der Waals surface area (Å²) in [4.78, 5) is 30.9. The molecular weight excluding hydrogens is 534 g/mol. The van der Waals surface area contributed by atoms with E-state index in [9.17, 15) is 9.59 Å². The lowest BCUT2D eigenvalue weighted by Crippen LogP contribution is -2.21. The number of aromatic nitrogens is 2. The number of nitrogens with zero attached hydrogens (tertiary/aromatic N) is 2. The van der Waals surface area contributed by atoms with Crippen LogP contribution in [0.2, 0.25) is 0 Å². The number of imidazole rings is 1. The fraction of sp³-hybridized carbons (Fsp3) is 0. The maximum atomic E-state index is 12.9. The molecule has 0 spiro atoms. The number of thiazole rings is 1. The third-order valence-corrected chi connectivity index (χ3v) is 6.36. The molecule has 0 saturated carbocycles. The van der Waals surface area contributed by atoms with Crippen molar-refractivity contribution in [2.45, 2.75) is 0 Å². The first-order valence-corrected chi connectivity index (χ1v) is 11.2. The molecule has 0 aliphatic rings. The minimum absolute atomic E-state index is 0.0758. The Hall–Kier alpha value is -2.75. The van der Waals surface area contributed by atoms with Crippen LogP contribution in [0, 0.1) is 0 Å². The number of hydrogen-bond donors (Lipinski definition) is 1. The topological polar surface area (TPSA) is 76.6 Å². The van der Waals surface area contributed by atoms with Crippen LogP contribution < -0.4 is 10.9 Å². The monoisotopic (exact) mass is 543 g/mol. The Kier molecular flexibility index (Phi) is 4.80. The third-order valence-electron chi connectivity index (χ3n) is 4.54. The molecule has 0 aliphatic heterocycles. The molecule has 9 heteroatoms. The predicted octanol–water partition coefficient (Wildman–Crippen LogP) is 5.95. The van der Waals surface area contributed by atoms with E-state index in [0.29, 0.717) is 21.1 Å². The van der Waals surface area contributed by atoms with Gasteiger partial charge in [-0.2, -0.15) is 0 Å². The number of nitrogens with one attached hydrogen (secondary N) is 1. The molecule has 0 saturated heterocycles. The van der Waals surface area contributed by atoms with Crippen molar-refractivity contribution >= 4 is 70.7 Å². The number of carbonyl (C=O) groups excluding carboxylic acids is 1. The summed E-state index contributed by atoms with van der Waals surface area (Å²) in [7, 11) is 0. The van der Waals surface area contributed by atoms with E-state index in [-0.39, 0.29) is 5.56 Å². The van der Waals surface area contributed by atoms with Crippen molar-refractivity contribution < 1.29 is 9.21 Å². The average molecular weight is 545 g/mol. The lowest BCUT2D eigenvalue weighted by atomic mass is 10.1. The number of para-hydroxylation sites is 1. The van der Waals surface area contributed by atoms with Gasteiger partial charge in [0.05, 0.1) is 15.9 Å². The van der Waals surface area contributed by atoms with Crippen molar-refractivity contribution in [3.05, 3.63) is 85.2 Å². The third kappa shape index (κ3) is 3.38. The lowest BCUT2D eigenvalue weighted by Gasteiger charge is -2.10. The van der Waals surface area contributed by atoms with E-state index >= 15 is 0 Å². The Morgan fingerprint density at radius 2 is 2.00 bits per heavy atom. The number of halogens is 2. The molecule has 5 aromatic rings. The Bertz CT molecular complexity index is 1470. The minimum Gasteiger partial charge on any atom is -0.421 e. The van der Waals surface area contributed by atoms with Crippen LogP contribution in [0.4, 0.5) is 5.69 Å². The summed E-state index contributed by atoms with van der Waals surface area (Å²) in [6, 6.07) is 12.4. The van der Waals surface area contributed by atoms with Crippen LogP contribution in [0.5, 0.6) is 0 Å². The Morgan fingerprint density at radius 1 is 1.17 bits per heavy atom. The van der Waals surface area contributed by atoms with Gasteiger partial charge in [0.15, 0.2) is 10.5 Å². The van der Waals surface area contributed by atoms with Crippen LogP contribution in [0.3, 0.4) is 0 Å². The quantitative estimate of drug-likeness (QED) is 0.285. The fourth-order valence-electron chi connectivity index (χ4n) is 3.18. The summed E-state index contributed by atoms with van der Waals surface area (Å²) in [5, 5.41) is 5.41. The lowest BCUT2D eigenvalue weighted by molar-refractivity contribution is 0.102. The summed E-state index contributed by atoms with van der Waals surface area (Å²) in [5.41, 5.74) is 1.66. The van der Waals surface area contributed by atoms with Gasteiger partial charge >= 0.3 is 5.63 Å². The van der Waals surface area contributed by atoms with E-state index in [0.717, 1.165) is 20.7 Å². The number of hydrogen-bond acceptors (Lipinski definition) is 5. The second-order valence-electron chi connectivity index (χ2n) is 6.47. The van der Waals surface area contributed by atoms with Gasteiger partial charge in [-0.3, -0.25) is 9.20 Å². The summed E-state index contributed by atoms with van der Waals surface area (Å²) in [6.07, 6.45) is 3.82. The van der Waals surface area contributed by atoms with Crippen molar-refractivity contribution in [1.82, 2.24) is 9.38 Å². The van der Waals surface area contributed by atoms with Gasteiger partial charge in [0.25, 0.3) is 5.91 Å². The first-order valence-electron chi connectivity index (χ1n) is 8.75. The number of rotatable bonds is 3. The minimum atomic E-state index is -0.706. The molecule has 0 bridgehead atoms. The molecule has 0 fully saturated rings. The normalized spacial score (nSPS) is 11.3. The largest absolute Gasteiger partial charge is 0.421 e. The molecule has 0 unspecified atom stereocenters. The first-order chi connectivity index (χ1) is 14.5. The molecule has 0 aliphatic carbocycles. The number of fused-ring (bicyclic) bond motifs is 2. The first kappa shape index (κ1) is 19.2. The molecule has 2 aromatic carbocycles. The van der Waals surface area contributed by atoms with Gasteiger partial charge in [-0.05, 0) is 40.2 Å². The predicted molar refractivity (Wildman–Crippen MR) is 124 cm³/mol. The van der Waals surface area contributed by atoms with E-state index in [1.165, 1.54) is 17.4 Å². The van der Waals surface area contributed by atoms with E-state index < -0.39 is 11.5 Å². The summed E-state index contributed by atoms with van der Waals surface area (Å²) in [5.74, 6) is -0.546. The van der Waals surface area contributed by atoms with Crippen molar-refractivity contribution in [2.75, 3.05) is 5.32 Å². The van der Waals surface area contributed by atoms with Gasteiger partial charge in [-0.15, -0.1) is 11.3 Å². The van der Waals surface area contributed by atoms with Crippen LogP contribution in [0.1, 0.15) is 10.4 Å². The van der Waals surface area contributed by atoms with E-state index in [1.807, 2.05) is 40.4 Å². The van der Waals surface area contributed by atoms with E-state index in [4.69, 9.17) is 4.42 Å². The van der Waals surface area contributed by atoms with Gasteiger partial charge in [0.1, 0.15) is 5.56 Å². The number of amides is 1. The highest BCUT2D eigenvalue weighted by atomic mass is 79.9. The highest BCUT2D eigenvalue weighted by Crippen LogP contribution is 2.30. The Morgan fingerprint density at radius 3 is 2.83 bits per heavy atom. The average Bonchev–Trinajstić information content (AvgIpc) is 3.31. The van der Waals surface area contributed by atoms with Crippen LogP contribution >= 0.6 is 43.2 Å². The second-order valence-corrected chi connectivity index (χ2v) is 9.12. The molecular formula is C21H11Br2N3O3S. The zero-order chi connectivity index (χ0) is 20.8. The maximum Gasteiger partial charge on any atom is 0.349 e. The molecule has 1 N–H and O–H groups in total. The number of carbonyl (C=O) groups is 1. The van der Waals surface area contributed by atoms with Gasteiger partial charge < -0.3 is 9.73 Å². The zero-order valence-electron chi connectivity index (χ0n) is 15.1. The van der Waals surface area contributed by atoms with Crippen LogP contribution in [0.25, 0.3) is 27.2 Å². The SMILES string of the molecule is O=C(Nc1ccccc1-c1cn2ccsc2n1)c1cc2cc(Br)cc(Br)c2oc1=O. The van der Waals surface area contributed by atoms with Crippen molar-refractivity contribution in [3.63, 3.8) is 0 Å². The molecule has 5 rings (SSSR count). The summed E-state index contributed by atoms with van der Waals surface area (Å²) < 4.78 is 8.73. The molecule has 3 aromatic heterocycles. The van der Waals surface area contributed by atoms with Crippen LogP contribution in [-0.2, 0) is 0 Å². The standard InChI is InChI=1S/C21H11Br2N3O3S/c22-12-7-11-8-14(20(28)29-18(11)15(23)9-12)19(27)24-16-4-2-1-3-13(16)17-10-26-5-6-30-21(26)25-17/h1-10H,(H,24,27). The van der Waals surface area contributed by atoms with Gasteiger partial charge in [-0.25, -0.2) is 9.78 Å². The molecule has 148 valence electrons. The van der Waals surface area contributed by atoms with Crippen molar-refractivity contribution in [1.29, 1.82) is 0 Å². The van der Waals surface area contributed by atoms with Crippen molar-refractivity contribution in [3.8, 4) is 11.3 Å². The fourth-order valence-corrected chi connectivity index (χ4v) is 5.22. The van der Waals surface area contributed by atoms with E-state index in [1.54, 1.807) is 18.2 Å². The molecule has 3 heterocycles. The molecule has 1 amide bonds. The zero-order valence-corrected chi connectivity index (χ0v) is 19.0. The van der Waals surface area contributed by atoms with Gasteiger partial charge in [-0.1, -0.05) is 34.1 Å². The molecule has 6 nitrogen and oxygen atoms in total. The maximum absolute atomic E-state index is 12.9. The molecule has 30 heavy (non-hydrogen) atoms. The highest BCUT2D eigenvalue weighted by molar-refractivity contribution is 9.11. The molecule has 0 radical (unpaired) electrons. The van der Waals surface area contributed by atoms with Crippen molar-refractivity contribution in [2.24, 2.45) is 0 Å². The smallest absolute Gasteiger partial charge is 0.349 e. The van der Waals surface area contributed by atoms with Crippen LogP contribution in [-0.4, -0.2) is 15.3 Å².